The van der Waals surface area contributed by atoms with Crippen LogP contribution in [0.25, 0.3) is 10.4 Å². The van der Waals surface area contributed by atoms with Gasteiger partial charge < -0.3 is 10.1 Å². The molecule has 2 aromatic carbocycles. The molecule has 0 radical (unpaired) electrons. The molecule has 1 atom stereocenters. The second-order valence-corrected chi connectivity index (χ2v) is 11.2. The standard InChI is InChI=1S/C24H23Cl2N3O4S2/c25-20-5-4-16(10-21(20)26)13-28-8-9-33-19(14-28)12-27-23(30)15-34-24-7-6-22(35-24)17-2-1-3-18(11-17)29(31)32/h1-7,10-11,19H,8-9,12-15H2,(H,27,30). The third-order valence-corrected chi connectivity index (χ3v) is 8.51. The first-order valence-electron chi connectivity index (χ1n) is 10.9. The minimum Gasteiger partial charge on any atom is -0.374 e. The first-order chi connectivity index (χ1) is 16.9. The maximum Gasteiger partial charge on any atom is 0.270 e. The number of nitro groups is 1. The van der Waals surface area contributed by atoms with Crippen molar-refractivity contribution in [3.05, 3.63) is 80.3 Å². The molecule has 1 amide bonds. The topological polar surface area (TPSA) is 84.7 Å². The van der Waals surface area contributed by atoms with Crippen LogP contribution in [0, 0.1) is 10.1 Å². The summed E-state index contributed by atoms with van der Waals surface area (Å²) in [5.41, 5.74) is 1.94. The number of hydrogen-bond acceptors (Lipinski definition) is 7. The largest absolute Gasteiger partial charge is 0.374 e. The third-order valence-electron chi connectivity index (χ3n) is 5.41. The van der Waals surface area contributed by atoms with Gasteiger partial charge in [-0.1, -0.05) is 41.4 Å². The highest BCUT2D eigenvalue weighted by atomic mass is 35.5. The van der Waals surface area contributed by atoms with Crippen LogP contribution in [0.4, 0.5) is 5.69 Å². The van der Waals surface area contributed by atoms with E-state index in [1.807, 2.05) is 30.3 Å². The highest BCUT2D eigenvalue weighted by Crippen LogP contribution is 2.35. The van der Waals surface area contributed by atoms with E-state index in [1.54, 1.807) is 18.2 Å². The number of nitrogens with one attached hydrogen (secondary N) is 1. The molecular weight excluding hydrogens is 529 g/mol. The van der Waals surface area contributed by atoms with E-state index in [2.05, 4.69) is 10.2 Å². The van der Waals surface area contributed by atoms with E-state index < -0.39 is 4.92 Å². The summed E-state index contributed by atoms with van der Waals surface area (Å²) in [6, 6.07) is 16.0. The van der Waals surface area contributed by atoms with E-state index in [0.29, 0.717) is 29.7 Å². The highest BCUT2D eigenvalue weighted by molar-refractivity contribution is 8.01. The molecule has 4 rings (SSSR count). The van der Waals surface area contributed by atoms with Gasteiger partial charge in [0.15, 0.2) is 0 Å². The normalized spacial score (nSPS) is 16.2. The van der Waals surface area contributed by atoms with E-state index in [4.69, 9.17) is 27.9 Å². The van der Waals surface area contributed by atoms with E-state index >= 15 is 0 Å². The van der Waals surface area contributed by atoms with Gasteiger partial charge in [-0.15, -0.1) is 23.1 Å². The van der Waals surface area contributed by atoms with Crippen LogP contribution >= 0.6 is 46.3 Å². The van der Waals surface area contributed by atoms with Gasteiger partial charge in [-0.05, 0) is 35.4 Å². The number of thioether (sulfide) groups is 1. The third kappa shape index (κ3) is 7.42. The van der Waals surface area contributed by atoms with Crippen LogP contribution in [0.15, 0.2) is 58.8 Å². The van der Waals surface area contributed by atoms with Crippen molar-refractivity contribution in [1.82, 2.24) is 10.2 Å². The van der Waals surface area contributed by atoms with E-state index in [9.17, 15) is 14.9 Å². The molecule has 7 nitrogen and oxygen atoms in total. The summed E-state index contributed by atoms with van der Waals surface area (Å²) in [5, 5.41) is 15.1. The number of thiophene rings is 1. The molecule has 1 saturated heterocycles. The van der Waals surface area contributed by atoms with E-state index in [0.717, 1.165) is 33.3 Å². The van der Waals surface area contributed by atoms with Crippen LogP contribution < -0.4 is 5.32 Å². The van der Waals surface area contributed by atoms with Gasteiger partial charge in [0.1, 0.15) is 0 Å². The smallest absolute Gasteiger partial charge is 0.270 e. The first-order valence-corrected chi connectivity index (χ1v) is 13.5. The molecule has 0 saturated carbocycles. The van der Waals surface area contributed by atoms with Crippen LogP contribution in [0.5, 0.6) is 0 Å². The number of carbonyl (C=O) groups is 1. The number of nitrogens with zero attached hydrogens (tertiary/aromatic N) is 2. The Balaban J connectivity index is 1.22. The number of rotatable bonds is 9. The molecule has 1 aliphatic rings. The molecule has 184 valence electrons. The summed E-state index contributed by atoms with van der Waals surface area (Å²) in [5.74, 6) is 0.222. The van der Waals surface area contributed by atoms with Gasteiger partial charge in [-0.3, -0.25) is 19.8 Å². The molecule has 2 heterocycles. The summed E-state index contributed by atoms with van der Waals surface area (Å²) in [7, 11) is 0. The first kappa shape index (κ1) is 25.9. The molecule has 35 heavy (non-hydrogen) atoms. The number of morpholine rings is 1. The Bertz CT molecular complexity index is 1210. The number of ether oxygens (including phenoxy) is 1. The molecule has 1 unspecified atom stereocenters. The van der Waals surface area contributed by atoms with Crippen molar-refractivity contribution in [2.24, 2.45) is 0 Å². The van der Waals surface area contributed by atoms with Crippen molar-refractivity contribution in [2.75, 3.05) is 32.0 Å². The zero-order valence-electron chi connectivity index (χ0n) is 18.6. The number of hydrogen-bond donors (Lipinski definition) is 1. The highest BCUT2D eigenvalue weighted by Gasteiger charge is 2.21. The lowest BCUT2D eigenvalue weighted by atomic mass is 10.2. The summed E-state index contributed by atoms with van der Waals surface area (Å²) in [6.07, 6.45) is -0.0808. The van der Waals surface area contributed by atoms with Crippen molar-refractivity contribution in [3.63, 3.8) is 0 Å². The zero-order chi connectivity index (χ0) is 24.8. The monoisotopic (exact) mass is 551 g/mol. The lowest BCUT2D eigenvalue weighted by Gasteiger charge is -2.33. The van der Waals surface area contributed by atoms with Crippen molar-refractivity contribution < 1.29 is 14.5 Å². The molecule has 1 fully saturated rings. The van der Waals surface area contributed by atoms with Crippen LogP contribution in [0.3, 0.4) is 0 Å². The summed E-state index contributed by atoms with van der Waals surface area (Å²) in [6.45, 7) is 3.32. The van der Waals surface area contributed by atoms with Crippen LogP contribution in [0.2, 0.25) is 10.0 Å². The molecule has 0 spiro atoms. The maximum absolute atomic E-state index is 12.4. The Morgan fingerprint density at radius 3 is 2.86 bits per heavy atom. The van der Waals surface area contributed by atoms with Crippen molar-refractivity contribution in [3.8, 4) is 10.4 Å². The Kier molecular flexibility index (Phi) is 9.04. The molecule has 0 bridgehead atoms. The Labute approximate surface area is 221 Å². The predicted molar refractivity (Wildman–Crippen MR) is 142 cm³/mol. The fraction of sp³-hybridized carbons (Fsp3) is 0.292. The fourth-order valence-corrected chi connectivity index (χ4v) is 5.96. The average Bonchev–Trinajstić information content (AvgIpc) is 3.33. The van der Waals surface area contributed by atoms with E-state index in [-0.39, 0.29) is 23.5 Å². The number of carbonyl (C=O) groups excluding carboxylic acids is 1. The molecule has 3 aromatic rings. The zero-order valence-corrected chi connectivity index (χ0v) is 21.8. The lowest BCUT2D eigenvalue weighted by Crippen LogP contribution is -2.47. The average molecular weight is 553 g/mol. The van der Waals surface area contributed by atoms with Gasteiger partial charge in [0.2, 0.25) is 5.91 Å². The number of amides is 1. The van der Waals surface area contributed by atoms with Gasteiger partial charge in [0, 0.05) is 43.2 Å². The van der Waals surface area contributed by atoms with E-state index in [1.165, 1.54) is 29.2 Å². The van der Waals surface area contributed by atoms with Gasteiger partial charge >= 0.3 is 0 Å². The van der Waals surface area contributed by atoms with Crippen LogP contribution in [0.1, 0.15) is 5.56 Å². The van der Waals surface area contributed by atoms with Gasteiger partial charge in [0.05, 0.1) is 37.6 Å². The maximum atomic E-state index is 12.4. The summed E-state index contributed by atoms with van der Waals surface area (Å²) >= 11 is 15.1. The van der Waals surface area contributed by atoms with Gasteiger partial charge in [-0.2, -0.15) is 0 Å². The molecule has 1 N–H and O–H groups in total. The van der Waals surface area contributed by atoms with Gasteiger partial charge in [-0.25, -0.2) is 0 Å². The Morgan fingerprint density at radius 1 is 1.20 bits per heavy atom. The Hall–Kier alpha value is -2.14. The molecule has 1 aromatic heterocycles. The molecule has 1 aliphatic heterocycles. The molecular formula is C24H23Cl2N3O4S2. The number of non-ortho nitro benzene ring substituents is 1. The van der Waals surface area contributed by atoms with Crippen molar-refractivity contribution in [2.45, 2.75) is 16.9 Å². The quantitative estimate of drug-likeness (QED) is 0.207. The second-order valence-electron chi connectivity index (χ2n) is 8.00. The second kappa shape index (κ2) is 12.2. The lowest BCUT2D eigenvalue weighted by molar-refractivity contribution is -0.384. The van der Waals surface area contributed by atoms with Crippen molar-refractivity contribution in [1.29, 1.82) is 0 Å². The summed E-state index contributed by atoms with van der Waals surface area (Å²) in [4.78, 5) is 26.2. The van der Waals surface area contributed by atoms with Gasteiger partial charge in [0.25, 0.3) is 5.69 Å². The predicted octanol–water partition coefficient (Wildman–Crippen LogP) is 5.74. The SMILES string of the molecule is O=C(CSc1ccc(-c2cccc([N+](=O)[O-])c2)s1)NCC1CN(Cc2ccc(Cl)c(Cl)c2)CCO1. The minimum atomic E-state index is -0.403. The molecule has 11 heteroatoms. The van der Waals surface area contributed by atoms with Crippen molar-refractivity contribution >= 4 is 57.9 Å². The fourth-order valence-electron chi connectivity index (χ4n) is 3.68. The van der Waals surface area contributed by atoms with Crippen LogP contribution in [-0.4, -0.2) is 53.8 Å². The number of benzene rings is 2. The number of halogens is 2. The summed E-state index contributed by atoms with van der Waals surface area (Å²) < 4.78 is 6.80. The van der Waals surface area contributed by atoms with Crippen LogP contribution in [-0.2, 0) is 16.1 Å². The number of nitro benzene ring substituents is 1. The molecule has 0 aliphatic carbocycles. The Morgan fingerprint density at radius 2 is 2.06 bits per heavy atom. The minimum absolute atomic E-state index is 0.0601.